The van der Waals surface area contributed by atoms with E-state index in [1.54, 1.807) is 0 Å². The second-order valence-corrected chi connectivity index (χ2v) is 3.18. The van der Waals surface area contributed by atoms with E-state index in [2.05, 4.69) is 41.8 Å². The molecule has 0 saturated heterocycles. The highest BCUT2D eigenvalue weighted by atomic mass is 32.1. The maximum atomic E-state index is 4.09. The number of aryl methyl sites for hydroxylation is 1. The van der Waals surface area contributed by atoms with Crippen LogP contribution in [0, 0.1) is 0 Å². The van der Waals surface area contributed by atoms with Gasteiger partial charge in [0.25, 0.3) is 0 Å². The first-order chi connectivity index (χ1) is 5.42. The summed E-state index contributed by atoms with van der Waals surface area (Å²) in [6, 6.07) is 9.02. The maximum Gasteiger partial charge on any atom is 0.0425 e. The highest BCUT2D eigenvalue weighted by molar-refractivity contribution is 7.78. The zero-order chi connectivity index (χ0) is 7.68. The topological polar surface area (TPSA) is 12.0 Å². The molecule has 1 aromatic rings. The fourth-order valence-electron chi connectivity index (χ4n) is 1.69. The van der Waals surface area contributed by atoms with Crippen LogP contribution in [0.3, 0.4) is 0 Å². The van der Waals surface area contributed by atoms with E-state index in [0.29, 0.717) is 6.04 Å². The second-order valence-electron chi connectivity index (χ2n) is 2.92. The van der Waals surface area contributed by atoms with E-state index in [9.17, 15) is 0 Å². The fourth-order valence-corrected chi connectivity index (χ4v) is 1.96. The summed E-state index contributed by atoms with van der Waals surface area (Å²) in [6.45, 7) is 0. The lowest BCUT2D eigenvalue weighted by atomic mass is 10.1. The highest BCUT2D eigenvalue weighted by Gasteiger charge is 2.19. The van der Waals surface area contributed by atoms with E-state index in [1.807, 2.05) is 0 Å². The van der Waals surface area contributed by atoms with E-state index in [1.165, 1.54) is 24.0 Å². The minimum Gasteiger partial charge on any atom is -0.259 e. The van der Waals surface area contributed by atoms with Crippen LogP contribution in [0.4, 0.5) is 0 Å². The fraction of sp³-hybridized carbons (Fsp3) is 0.333. The Morgan fingerprint density at radius 1 is 1.36 bits per heavy atom. The minimum absolute atomic E-state index is 0.467. The standard InChI is InChI=1S/C9H11NS/c11-10-9-6-5-7-3-1-2-4-8(7)9/h1-4,9-11H,5-6H2/t9-/m0/s1. The molecule has 1 N–H and O–H groups in total. The number of rotatable bonds is 1. The van der Waals surface area contributed by atoms with Gasteiger partial charge in [-0.1, -0.05) is 37.1 Å². The van der Waals surface area contributed by atoms with E-state index < -0.39 is 0 Å². The molecule has 0 spiro atoms. The van der Waals surface area contributed by atoms with Crippen molar-refractivity contribution in [1.29, 1.82) is 0 Å². The Kier molecular flexibility index (Phi) is 1.88. The SMILES string of the molecule is SN[C@H]1CCc2ccccc21. The Balaban J connectivity index is 2.39. The molecule has 2 heteroatoms. The van der Waals surface area contributed by atoms with Crippen molar-refractivity contribution in [3.63, 3.8) is 0 Å². The molecule has 1 atom stereocenters. The summed E-state index contributed by atoms with van der Waals surface area (Å²) in [5.74, 6) is 0. The first-order valence-electron chi connectivity index (χ1n) is 3.89. The zero-order valence-corrected chi connectivity index (χ0v) is 7.14. The van der Waals surface area contributed by atoms with Gasteiger partial charge < -0.3 is 0 Å². The minimum atomic E-state index is 0.467. The van der Waals surface area contributed by atoms with Crippen molar-refractivity contribution in [2.75, 3.05) is 0 Å². The van der Waals surface area contributed by atoms with Gasteiger partial charge in [0.2, 0.25) is 0 Å². The second kappa shape index (κ2) is 2.88. The number of hydrogen-bond donors (Lipinski definition) is 2. The molecule has 0 radical (unpaired) electrons. The van der Waals surface area contributed by atoms with Crippen LogP contribution in [-0.4, -0.2) is 0 Å². The molecule has 1 aliphatic rings. The molecule has 0 unspecified atom stereocenters. The molecule has 1 nitrogen and oxygen atoms in total. The molecule has 0 saturated carbocycles. The third-order valence-electron chi connectivity index (χ3n) is 2.29. The molecule has 11 heavy (non-hydrogen) atoms. The summed E-state index contributed by atoms with van der Waals surface area (Å²) in [5, 5.41) is 0. The van der Waals surface area contributed by atoms with Crippen LogP contribution in [0.25, 0.3) is 0 Å². The Morgan fingerprint density at radius 3 is 3.00 bits per heavy atom. The Hall–Kier alpha value is -0.470. The number of fused-ring (bicyclic) bond motifs is 1. The van der Waals surface area contributed by atoms with Crippen molar-refractivity contribution in [2.24, 2.45) is 0 Å². The molecule has 2 rings (SSSR count). The molecule has 0 aliphatic heterocycles. The van der Waals surface area contributed by atoms with Gasteiger partial charge in [-0.2, -0.15) is 0 Å². The summed E-state index contributed by atoms with van der Waals surface area (Å²) in [5.41, 5.74) is 2.89. The number of hydrogen-bond acceptors (Lipinski definition) is 2. The highest BCUT2D eigenvalue weighted by Crippen LogP contribution is 2.30. The normalized spacial score (nSPS) is 21.7. The van der Waals surface area contributed by atoms with E-state index in [-0.39, 0.29) is 0 Å². The van der Waals surface area contributed by atoms with Crippen LogP contribution in [0.5, 0.6) is 0 Å². The Bertz CT molecular complexity index is 259. The lowest BCUT2D eigenvalue weighted by molar-refractivity contribution is 0.670. The molecular formula is C9H11NS. The molecular weight excluding hydrogens is 154 g/mol. The van der Waals surface area contributed by atoms with Gasteiger partial charge >= 0.3 is 0 Å². The van der Waals surface area contributed by atoms with Crippen molar-refractivity contribution >= 4 is 12.8 Å². The maximum absolute atomic E-state index is 4.09. The number of thiol groups is 1. The van der Waals surface area contributed by atoms with Crippen molar-refractivity contribution in [1.82, 2.24) is 4.72 Å². The first kappa shape index (κ1) is 7.19. The summed E-state index contributed by atoms with van der Waals surface area (Å²) < 4.78 is 3.01. The lowest BCUT2D eigenvalue weighted by Gasteiger charge is -2.07. The van der Waals surface area contributed by atoms with Crippen LogP contribution in [0.2, 0.25) is 0 Å². The summed E-state index contributed by atoms with van der Waals surface area (Å²) >= 11 is 4.09. The molecule has 58 valence electrons. The summed E-state index contributed by atoms with van der Waals surface area (Å²) in [7, 11) is 0. The average Bonchev–Trinajstić information content (AvgIpc) is 2.47. The smallest absolute Gasteiger partial charge is 0.0425 e. The van der Waals surface area contributed by atoms with Gasteiger partial charge in [-0.25, -0.2) is 0 Å². The predicted molar refractivity (Wildman–Crippen MR) is 49.6 cm³/mol. The lowest BCUT2D eigenvalue weighted by Crippen LogP contribution is -2.06. The van der Waals surface area contributed by atoms with Crippen molar-refractivity contribution in [3.05, 3.63) is 35.4 Å². The van der Waals surface area contributed by atoms with Crippen molar-refractivity contribution in [2.45, 2.75) is 18.9 Å². The van der Waals surface area contributed by atoms with Crippen LogP contribution >= 0.6 is 12.8 Å². The molecule has 0 bridgehead atoms. The number of benzene rings is 1. The van der Waals surface area contributed by atoms with Gasteiger partial charge in [0, 0.05) is 6.04 Å². The average molecular weight is 165 g/mol. The molecule has 1 aromatic carbocycles. The van der Waals surface area contributed by atoms with Crippen molar-refractivity contribution < 1.29 is 0 Å². The van der Waals surface area contributed by atoms with E-state index in [0.717, 1.165) is 0 Å². The van der Waals surface area contributed by atoms with Crippen LogP contribution in [0.15, 0.2) is 24.3 Å². The van der Waals surface area contributed by atoms with Crippen LogP contribution in [0.1, 0.15) is 23.6 Å². The zero-order valence-electron chi connectivity index (χ0n) is 6.25. The van der Waals surface area contributed by atoms with E-state index >= 15 is 0 Å². The van der Waals surface area contributed by atoms with Crippen molar-refractivity contribution in [3.8, 4) is 0 Å². The quantitative estimate of drug-likeness (QED) is 0.607. The largest absolute Gasteiger partial charge is 0.259 e. The number of nitrogens with one attached hydrogen (secondary N) is 1. The van der Waals surface area contributed by atoms with Gasteiger partial charge in [0.05, 0.1) is 0 Å². The Morgan fingerprint density at radius 2 is 2.18 bits per heavy atom. The van der Waals surface area contributed by atoms with Gasteiger partial charge in [-0.3, -0.25) is 4.72 Å². The third kappa shape index (κ3) is 1.17. The van der Waals surface area contributed by atoms with Gasteiger partial charge in [0.1, 0.15) is 0 Å². The monoisotopic (exact) mass is 165 g/mol. The molecule has 1 aliphatic carbocycles. The van der Waals surface area contributed by atoms with Crippen LogP contribution in [-0.2, 0) is 6.42 Å². The third-order valence-corrected chi connectivity index (χ3v) is 2.60. The Labute approximate surface area is 72.4 Å². The van der Waals surface area contributed by atoms with Gasteiger partial charge in [-0.05, 0) is 24.0 Å². The summed E-state index contributed by atoms with van der Waals surface area (Å²) in [4.78, 5) is 0. The molecule has 0 amide bonds. The first-order valence-corrected chi connectivity index (χ1v) is 4.34. The molecule has 0 aromatic heterocycles. The van der Waals surface area contributed by atoms with Gasteiger partial charge in [0.15, 0.2) is 0 Å². The molecule has 0 heterocycles. The van der Waals surface area contributed by atoms with E-state index in [4.69, 9.17) is 0 Å². The van der Waals surface area contributed by atoms with Crippen LogP contribution < -0.4 is 4.72 Å². The predicted octanol–water partition coefficient (Wildman–Crippen LogP) is 2.11. The summed E-state index contributed by atoms with van der Waals surface area (Å²) in [6.07, 6.45) is 2.37. The van der Waals surface area contributed by atoms with Gasteiger partial charge in [-0.15, -0.1) is 0 Å². The molecule has 0 fully saturated rings.